The van der Waals surface area contributed by atoms with Gasteiger partial charge in [-0.25, -0.2) is 9.98 Å². The molecule has 7 N–H and O–H groups in total. The molecule has 0 saturated carbocycles. The van der Waals surface area contributed by atoms with Gasteiger partial charge in [-0.05, 0) is 58.0 Å². The van der Waals surface area contributed by atoms with E-state index in [1.165, 1.54) is 0 Å². The average Bonchev–Trinajstić information content (AvgIpc) is 2.95. The molecule has 222 valence electrons. The van der Waals surface area contributed by atoms with Crippen molar-refractivity contribution in [3.8, 4) is 0 Å². The molecule has 0 aliphatic carbocycles. The highest BCUT2D eigenvalue weighted by atomic mass is 16.3. The number of allylic oxidation sites excluding steroid dienone is 2. The molecule has 10 heteroatoms. The van der Waals surface area contributed by atoms with Gasteiger partial charge in [0.1, 0.15) is 5.70 Å². The van der Waals surface area contributed by atoms with E-state index in [4.69, 9.17) is 5.73 Å². The molecule has 0 aromatic rings. The van der Waals surface area contributed by atoms with Gasteiger partial charge in [-0.2, -0.15) is 0 Å². The van der Waals surface area contributed by atoms with Crippen molar-refractivity contribution in [3.05, 3.63) is 48.6 Å². The molecule has 0 spiro atoms. The smallest absolute Gasteiger partial charge is 0.219 e. The predicted molar refractivity (Wildman–Crippen MR) is 168 cm³/mol. The molecule has 0 radical (unpaired) electrons. The highest BCUT2D eigenvalue weighted by Crippen LogP contribution is 2.14. The second-order valence-corrected chi connectivity index (χ2v) is 8.12. The molecule has 0 aromatic carbocycles. The first-order valence-corrected chi connectivity index (χ1v) is 14.1. The van der Waals surface area contributed by atoms with Gasteiger partial charge in [0.25, 0.3) is 0 Å². The maximum absolute atomic E-state index is 11.5. The SMILES string of the molecule is C=C.C=NC1=C(N=CCNC(/C=C\CCNCCCCCNC(=O)CCCC)=C/CC)C(O)N=C(N)N1.CC. The quantitative estimate of drug-likeness (QED) is 0.0627. The molecule has 1 unspecified atom stereocenters. The summed E-state index contributed by atoms with van der Waals surface area (Å²) in [6.45, 7) is 20.8. The highest BCUT2D eigenvalue weighted by molar-refractivity contribution is 5.81. The van der Waals surface area contributed by atoms with Crippen molar-refractivity contribution in [3.63, 3.8) is 0 Å². The number of rotatable bonds is 19. The number of aliphatic imine (C=N–C) groups is 3. The monoisotopic (exact) mass is 546 g/mol. The number of nitrogens with zero attached hydrogens (tertiary/aromatic N) is 3. The normalized spacial score (nSPS) is 15.1. The van der Waals surface area contributed by atoms with Gasteiger partial charge in [-0.1, -0.05) is 52.7 Å². The fourth-order valence-electron chi connectivity index (χ4n) is 3.23. The van der Waals surface area contributed by atoms with E-state index in [9.17, 15) is 9.90 Å². The largest absolute Gasteiger partial charge is 0.380 e. The molecule has 10 nitrogen and oxygen atoms in total. The Labute approximate surface area is 236 Å². The van der Waals surface area contributed by atoms with Crippen LogP contribution in [-0.2, 0) is 4.79 Å². The first kappa shape index (κ1) is 37.9. The Balaban J connectivity index is 0. The van der Waals surface area contributed by atoms with Crippen molar-refractivity contribution in [1.29, 1.82) is 0 Å². The number of nitrogens with one attached hydrogen (secondary N) is 4. The molecule has 0 fully saturated rings. The lowest BCUT2D eigenvalue weighted by molar-refractivity contribution is -0.121. The van der Waals surface area contributed by atoms with Crippen LogP contribution < -0.4 is 27.0 Å². The fraction of sp³-hybridized carbons (Fsp3) is 0.586. The number of amides is 1. The average molecular weight is 547 g/mol. The molecule has 1 aliphatic heterocycles. The molecule has 1 atom stereocenters. The Bertz CT molecular complexity index is 803. The standard InChI is InChI=1S/C25H44N8O2.C2H6.C2H4/c1-4-6-14-21(34)30-17-10-7-9-15-28-16-11-8-13-20(12-5-2)29-18-19-31-22-23(27-3)32-25(26)33-24(22)35;2*1-2/h8,12-13,19,24,28-29,35H,3-7,9-11,14-18H2,1-2H3,(H,30,34)(H3,26,32,33);1-2H3;1-2H2/b13-8-,20-12+,31-19?;;. The Morgan fingerprint density at radius 1 is 1.13 bits per heavy atom. The molecule has 1 heterocycles. The number of aliphatic hydroxyl groups excluding tert-OH is 1. The van der Waals surface area contributed by atoms with Crippen LogP contribution in [0.5, 0.6) is 0 Å². The van der Waals surface area contributed by atoms with E-state index >= 15 is 0 Å². The summed E-state index contributed by atoms with van der Waals surface area (Å²) in [4.78, 5) is 23.4. The minimum atomic E-state index is -1.16. The Morgan fingerprint density at radius 3 is 2.51 bits per heavy atom. The molecule has 1 amide bonds. The lowest BCUT2D eigenvalue weighted by atomic mass is 10.2. The van der Waals surface area contributed by atoms with Crippen LogP contribution in [0.15, 0.2) is 63.6 Å². The first-order valence-electron chi connectivity index (χ1n) is 14.1. The third kappa shape index (κ3) is 20.4. The molecule has 1 aliphatic rings. The summed E-state index contributed by atoms with van der Waals surface area (Å²) in [5.41, 5.74) is 6.86. The van der Waals surface area contributed by atoms with Gasteiger partial charge in [0, 0.05) is 24.9 Å². The maximum atomic E-state index is 11.5. The van der Waals surface area contributed by atoms with Crippen LogP contribution in [0, 0.1) is 0 Å². The number of aliphatic hydroxyl groups is 1. The number of carbonyl (C=O) groups is 1. The molecule has 39 heavy (non-hydrogen) atoms. The van der Waals surface area contributed by atoms with Gasteiger partial charge in [0.2, 0.25) is 5.91 Å². The molecule has 0 saturated heterocycles. The fourth-order valence-corrected chi connectivity index (χ4v) is 3.23. The summed E-state index contributed by atoms with van der Waals surface area (Å²) >= 11 is 0. The molecule has 0 aromatic heterocycles. The molecular formula is C29H54N8O2. The number of hydrogen-bond acceptors (Lipinski definition) is 9. The van der Waals surface area contributed by atoms with E-state index in [0.29, 0.717) is 18.8 Å². The zero-order chi connectivity index (χ0) is 29.7. The minimum absolute atomic E-state index is 0.0768. The lowest BCUT2D eigenvalue weighted by Crippen LogP contribution is -2.37. The topological polar surface area (TPSA) is 149 Å². The minimum Gasteiger partial charge on any atom is -0.380 e. The highest BCUT2D eigenvalue weighted by Gasteiger charge is 2.19. The van der Waals surface area contributed by atoms with Crippen LogP contribution >= 0.6 is 0 Å². The van der Waals surface area contributed by atoms with Crippen LogP contribution in [0.3, 0.4) is 0 Å². The number of hydrogen-bond donors (Lipinski definition) is 6. The van der Waals surface area contributed by atoms with Crippen LogP contribution in [-0.4, -0.2) is 62.3 Å². The van der Waals surface area contributed by atoms with E-state index < -0.39 is 6.23 Å². The Hall–Kier alpha value is -3.24. The zero-order valence-corrected chi connectivity index (χ0v) is 24.8. The Kier molecular flexibility index (Phi) is 27.0. The zero-order valence-electron chi connectivity index (χ0n) is 24.8. The van der Waals surface area contributed by atoms with Crippen molar-refractivity contribution >= 4 is 24.8 Å². The summed E-state index contributed by atoms with van der Waals surface area (Å²) in [6, 6.07) is 0. The van der Waals surface area contributed by atoms with Gasteiger partial charge in [-0.15, -0.1) is 13.2 Å². The molecule has 1 rings (SSSR count). The van der Waals surface area contributed by atoms with Crippen LogP contribution in [0.1, 0.15) is 79.1 Å². The van der Waals surface area contributed by atoms with E-state index in [2.05, 4.69) is 88.2 Å². The summed E-state index contributed by atoms with van der Waals surface area (Å²) in [5.74, 6) is 0.548. The van der Waals surface area contributed by atoms with Crippen LogP contribution in [0.25, 0.3) is 0 Å². The third-order valence-electron chi connectivity index (χ3n) is 5.10. The van der Waals surface area contributed by atoms with Gasteiger partial charge in [-0.3, -0.25) is 9.79 Å². The predicted octanol–water partition coefficient (Wildman–Crippen LogP) is 3.89. The van der Waals surface area contributed by atoms with Crippen molar-refractivity contribution < 1.29 is 9.90 Å². The first-order chi connectivity index (χ1) is 19.0. The van der Waals surface area contributed by atoms with Crippen LogP contribution in [0.2, 0.25) is 0 Å². The summed E-state index contributed by atoms with van der Waals surface area (Å²) < 4.78 is 0. The number of unbranched alkanes of at least 4 members (excludes halogenated alkanes) is 3. The van der Waals surface area contributed by atoms with Crippen molar-refractivity contribution in [2.75, 3.05) is 26.2 Å². The van der Waals surface area contributed by atoms with Crippen molar-refractivity contribution in [2.24, 2.45) is 20.7 Å². The van der Waals surface area contributed by atoms with Gasteiger partial charge >= 0.3 is 0 Å². The summed E-state index contributed by atoms with van der Waals surface area (Å²) in [5, 5.41) is 22.5. The second kappa shape index (κ2) is 27.8. The number of nitrogens with two attached hydrogens (primary N) is 1. The van der Waals surface area contributed by atoms with E-state index in [0.717, 1.165) is 70.3 Å². The third-order valence-corrected chi connectivity index (χ3v) is 5.10. The lowest BCUT2D eigenvalue weighted by Gasteiger charge is -2.18. The van der Waals surface area contributed by atoms with Crippen LogP contribution in [0.4, 0.5) is 0 Å². The van der Waals surface area contributed by atoms with Crippen molar-refractivity contribution in [1.82, 2.24) is 21.3 Å². The van der Waals surface area contributed by atoms with E-state index in [1.54, 1.807) is 6.21 Å². The van der Waals surface area contributed by atoms with E-state index in [-0.39, 0.29) is 17.6 Å². The van der Waals surface area contributed by atoms with E-state index in [1.807, 2.05) is 13.8 Å². The van der Waals surface area contributed by atoms with Gasteiger partial charge < -0.3 is 32.1 Å². The Morgan fingerprint density at radius 2 is 1.85 bits per heavy atom. The molecule has 0 bridgehead atoms. The van der Waals surface area contributed by atoms with Gasteiger partial charge in [0.15, 0.2) is 18.0 Å². The van der Waals surface area contributed by atoms with Gasteiger partial charge in [0.05, 0.1) is 6.54 Å². The number of guanidine groups is 1. The second-order valence-electron chi connectivity index (χ2n) is 8.12. The number of carbonyl (C=O) groups excluding carboxylic acids is 1. The summed E-state index contributed by atoms with van der Waals surface area (Å²) in [6.07, 6.45) is 14.6. The maximum Gasteiger partial charge on any atom is 0.219 e. The van der Waals surface area contributed by atoms with Crippen molar-refractivity contribution in [2.45, 2.75) is 85.3 Å². The molecular weight excluding hydrogens is 492 g/mol. The summed E-state index contributed by atoms with van der Waals surface area (Å²) in [7, 11) is 0.